The predicted octanol–water partition coefficient (Wildman–Crippen LogP) is -0.0506. The normalized spacial score (nSPS) is 23.2. The highest BCUT2D eigenvalue weighted by Crippen LogP contribution is 2.37. The molecule has 1 aliphatic rings. The SMILES string of the molecule is NOC1CCC(c2c(Cl)c(C=O)nn(N)c2=O)C1. The van der Waals surface area contributed by atoms with Crippen molar-refractivity contribution in [1.29, 1.82) is 0 Å². The molecule has 1 heterocycles. The second-order valence-corrected chi connectivity index (χ2v) is 4.63. The van der Waals surface area contributed by atoms with Crippen molar-refractivity contribution in [2.75, 3.05) is 5.84 Å². The van der Waals surface area contributed by atoms with E-state index in [-0.39, 0.29) is 22.7 Å². The molecule has 8 heteroatoms. The van der Waals surface area contributed by atoms with Gasteiger partial charge in [-0.1, -0.05) is 11.6 Å². The fourth-order valence-electron chi connectivity index (χ4n) is 2.32. The van der Waals surface area contributed by atoms with Gasteiger partial charge in [0, 0.05) is 5.56 Å². The third kappa shape index (κ3) is 2.12. The zero-order chi connectivity index (χ0) is 13.3. The van der Waals surface area contributed by atoms with Crippen LogP contribution in [0.4, 0.5) is 0 Å². The molecule has 18 heavy (non-hydrogen) atoms. The summed E-state index contributed by atoms with van der Waals surface area (Å²) in [5.41, 5.74) is -0.213. The lowest BCUT2D eigenvalue weighted by Gasteiger charge is -2.13. The van der Waals surface area contributed by atoms with Crippen molar-refractivity contribution < 1.29 is 9.63 Å². The molecule has 7 nitrogen and oxygen atoms in total. The van der Waals surface area contributed by atoms with E-state index in [1.807, 2.05) is 0 Å². The average Bonchev–Trinajstić information content (AvgIpc) is 2.82. The summed E-state index contributed by atoms with van der Waals surface area (Å²) in [5.74, 6) is 10.4. The molecule has 1 aromatic heterocycles. The van der Waals surface area contributed by atoms with E-state index in [9.17, 15) is 9.59 Å². The Morgan fingerprint density at radius 3 is 2.78 bits per heavy atom. The Hall–Kier alpha value is -1.44. The molecule has 2 unspecified atom stereocenters. The molecule has 1 aliphatic carbocycles. The smallest absolute Gasteiger partial charge is 0.290 e. The zero-order valence-corrected chi connectivity index (χ0v) is 10.3. The summed E-state index contributed by atoms with van der Waals surface area (Å²) in [6, 6.07) is 0. The number of rotatable bonds is 3. The topological polar surface area (TPSA) is 113 Å². The van der Waals surface area contributed by atoms with Crippen LogP contribution in [-0.2, 0) is 4.84 Å². The average molecular weight is 273 g/mol. The summed E-state index contributed by atoms with van der Waals surface area (Å²) >= 11 is 6.02. The van der Waals surface area contributed by atoms with E-state index in [0.717, 1.165) is 6.42 Å². The molecule has 2 rings (SSSR count). The monoisotopic (exact) mass is 272 g/mol. The standard InChI is InChI=1S/C10H13ClN4O3/c11-9-7(4-16)14-15(12)10(17)8(9)5-1-2-6(3-5)18-13/h4-6H,1-3,12-13H2. The van der Waals surface area contributed by atoms with Crippen LogP contribution in [0.25, 0.3) is 0 Å². The van der Waals surface area contributed by atoms with Gasteiger partial charge in [-0.25, -0.2) is 5.90 Å². The molecular formula is C10H13ClN4O3. The van der Waals surface area contributed by atoms with Gasteiger partial charge in [-0.3, -0.25) is 9.59 Å². The van der Waals surface area contributed by atoms with E-state index in [2.05, 4.69) is 5.10 Å². The maximum Gasteiger partial charge on any atom is 0.290 e. The molecule has 0 aliphatic heterocycles. The van der Waals surface area contributed by atoms with Crippen molar-refractivity contribution in [2.45, 2.75) is 31.3 Å². The first-order valence-electron chi connectivity index (χ1n) is 5.47. The van der Waals surface area contributed by atoms with Crippen molar-refractivity contribution in [3.63, 3.8) is 0 Å². The first-order valence-corrected chi connectivity index (χ1v) is 5.84. The van der Waals surface area contributed by atoms with Crippen LogP contribution in [0.2, 0.25) is 5.02 Å². The van der Waals surface area contributed by atoms with Gasteiger partial charge in [0.2, 0.25) is 0 Å². The molecule has 1 aromatic rings. The van der Waals surface area contributed by atoms with Gasteiger partial charge in [0.25, 0.3) is 5.56 Å². The van der Waals surface area contributed by atoms with E-state index >= 15 is 0 Å². The Morgan fingerprint density at radius 2 is 2.22 bits per heavy atom. The Balaban J connectivity index is 2.47. The summed E-state index contributed by atoms with van der Waals surface area (Å²) in [6.45, 7) is 0. The molecular weight excluding hydrogens is 260 g/mol. The Morgan fingerprint density at radius 1 is 1.50 bits per heavy atom. The Kier molecular flexibility index (Phi) is 3.65. The number of nitrogens with two attached hydrogens (primary N) is 2. The van der Waals surface area contributed by atoms with E-state index in [1.165, 1.54) is 0 Å². The minimum Gasteiger partial charge on any atom is -0.320 e. The molecule has 0 amide bonds. The van der Waals surface area contributed by atoms with Crippen LogP contribution in [0.1, 0.15) is 41.2 Å². The zero-order valence-electron chi connectivity index (χ0n) is 9.51. The van der Waals surface area contributed by atoms with Crippen LogP contribution in [0.3, 0.4) is 0 Å². The number of hydrogen-bond donors (Lipinski definition) is 2. The lowest BCUT2D eigenvalue weighted by atomic mass is 9.98. The lowest BCUT2D eigenvalue weighted by molar-refractivity contribution is 0.0577. The van der Waals surface area contributed by atoms with Crippen molar-refractivity contribution in [2.24, 2.45) is 5.90 Å². The number of nitrogen functional groups attached to an aromatic ring is 1. The minimum atomic E-state index is -0.492. The maximum atomic E-state index is 11.9. The molecule has 4 N–H and O–H groups in total. The van der Waals surface area contributed by atoms with Gasteiger partial charge in [-0.2, -0.15) is 0 Å². The van der Waals surface area contributed by atoms with Crippen LogP contribution < -0.4 is 17.3 Å². The molecule has 0 bridgehead atoms. The summed E-state index contributed by atoms with van der Waals surface area (Å²) in [5, 5.41) is 3.66. The molecule has 0 radical (unpaired) electrons. The van der Waals surface area contributed by atoms with E-state index in [0.29, 0.717) is 29.5 Å². The Bertz CT molecular complexity index is 531. The van der Waals surface area contributed by atoms with Crippen LogP contribution in [0, 0.1) is 0 Å². The molecule has 0 aromatic carbocycles. The fraction of sp³-hybridized carbons (Fsp3) is 0.500. The van der Waals surface area contributed by atoms with Crippen molar-refractivity contribution in [3.8, 4) is 0 Å². The highest BCUT2D eigenvalue weighted by molar-refractivity contribution is 6.33. The first kappa shape index (κ1) is 13.0. The summed E-state index contributed by atoms with van der Waals surface area (Å²) in [6.07, 6.45) is 2.39. The van der Waals surface area contributed by atoms with Gasteiger partial charge in [0.1, 0.15) is 5.69 Å². The molecule has 1 saturated carbocycles. The molecule has 98 valence electrons. The van der Waals surface area contributed by atoms with Crippen LogP contribution in [-0.4, -0.2) is 22.3 Å². The van der Waals surface area contributed by atoms with Crippen molar-refractivity contribution in [1.82, 2.24) is 9.89 Å². The van der Waals surface area contributed by atoms with Crippen LogP contribution in [0.15, 0.2) is 4.79 Å². The second-order valence-electron chi connectivity index (χ2n) is 4.25. The lowest BCUT2D eigenvalue weighted by Crippen LogP contribution is -2.34. The third-order valence-electron chi connectivity index (χ3n) is 3.21. The number of aldehydes is 1. The number of halogens is 1. The maximum absolute atomic E-state index is 11.9. The molecule has 0 saturated heterocycles. The fourth-order valence-corrected chi connectivity index (χ4v) is 2.63. The van der Waals surface area contributed by atoms with E-state index in [1.54, 1.807) is 0 Å². The van der Waals surface area contributed by atoms with Crippen LogP contribution in [0.5, 0.6) is 0 Å². The minimum absolute atomic E-state index is 0.0362. The first-order chi connectivity index (χ1) is 8.58. The highest BCUT2D eigenvalue weighted by atomic mass is 35.5. The number of hydrogen-bond acceptors (Lipinski definition) is 6. The Labute approximate surface area is 108 Å². The van der Waals surface area contributed by atoms with Crippen molar-refractivity contribution in [3.05, 3.63) is 26.6 Å². The largest absolute Gasteiger partial charge is 0.320 e. The summed E-state index contributed by atoms with van der Waals surface area (Å²) in [4.78, 5) is 28.2. The predicted molar refractivity (Wildman–Crippen MR) is 64.7 cm³/mol. The van der Waals surface area contributed by atoms with Crippen LogP contribution >= 0.6 is 11.6 Å². The summed E-state index contributed by atoms with van der Waals surface area (Å²) in [7, 11) is 0. The number of nitrogens with zero attached hydrogens (tertiary/aromatic N) is 2. The number of aromatic nitrogens is 2. The quantitative estimate of drug-likeness (QED) is 0.453. The van der Waals surface area contributed by atoms with Crippen molar-refractivity contribution >= 4 is 17.9 Å². The van der Waals surface area contributed by atoms with Gasteiger partial charge in [-0.05, 0) is 25.2 Å². The van der Waals surface area contributed by atoms with Gasteiger partial charge in [0.15, 0.2) is 6.29 Å². The highest BCUT2D eigenvalue weighted by Gasteiger charge is 2.31. The van der Waals surface area contributed by atoms with Gasteiger partial charge in [0.05, 0.1) is 11.1 Å². The van der Waals surface area contributed by atoms with E-state index in [4.69, 9.17) is 28.2 Å². The number of carbonyl (C=O) groups is 1. The van der Waals surface area contributed by atoms with E-state index < -0.39 is 5.56 Å². The van der Waals surface area contributed by atoms with Gasteiger partial charge in [-0.15, -0.1) is 9.89 Å². The molecule has 0 spiro atoms. The second kappa shape index (κ2) is 5.05. The summed E-state index contributed by atoms with van der Waals surface area (Å²) < 4.78 is 0. The molecule has 2 atom stereocenters. The van der Waals surface area contributed by atoms with Gasteiger partial charge < -0.3 is 10.7 Å². The molecule has 1 fully saturated rings. The number of carbonyl (C=O) groups excluding carboxylic acids is 1. The third-order valence-corrected chi connectivity index (χ3v) is 3.61. The van der Waals surface area contributed by atoms with Gasteiger partial charge >= 0.3 is 0 Å².